The Labute approximate surface area is 189 Å². The van der Waals surface area contributed by atoms with Crippen molar-refractivity contribution in [1.82, 2.24) is 0 Å². The molecule has 0 aliphatic carbocycles. The molecule has 2 amide bonds. The molecule has 2 aromatic carbocycles. The third kappa shape index (κ3) is 6.21. The molecule has 0 aliphatic heterocycles. The minimum atomic E-state index is -4.56. The number of carbonyl (C=O) groups is 2. The standard InChI is InChI=1S/C21H15ClF4N2O3S/c1-11-7-17(28-19(29)12-3-2-4-14(23)8-12)32-18(11)20(30)27-15-9-13(22)5-6-16(15)31-10-21(24,25)26/h2-9H,10H2,1H3,(H,27,30)(H,28,29). The number of thiophene rings is 1. The molecule has 5 nitrogen and oxygen atoms in total. The number of alkyl halides is 3. The molecule has 0 bridgehead atoms. The van der Waals surface area contributed by atoms with E-state index in [1.807, 2.05) is 0 Å². The Hall–Kier alpha value is -3.11. The van der Waals surface area contributed by atoms with E-state index in [0.29, 0.717) is 10.6 Å². The molecule has 0 fully saturated rings. The summed E-state index contributed by atoms with van der Waals surface area (Å²) in [5.74, 6) is -1.95. The van der Waals surface area contributed by atoms with Crippen LogP contribution in [-0.4, -0.2) is 24.6 Å². The number of halogens is 5. The molecule has 3 rings (SSSR count). The molecule has 1 heterocycles. The minimum Gasteiger partial charge on any atom is -0.482 e. The average molecular weight is 487 g/mol. The number of amides is 2. The van der Waals surface area contributed by atoms with E-state index in [1.54, 1.807) is 13.0 Å². The van der Waals surface area contributed by atoms with E-state index < -0.39 is 30.4 Å². The van der Waals surface area contributed by atoms with Crippen LogP contribution in [0.1, 0.15) is 25.6 Å². The molecule has 0 spiro atoms. The molecule has 1 aromatic heterocycles. The Balaban J connectivity index is 1.76. The lowest BCUT2D eigenvalue weighted by Crippen LogP contribution is -2.20. The molecule has 0 saturated carbocycles. The summed E-state index contributed by atoms with van der Waals surface area (Å²) in [6, 6.07) is 10.5. The molecule has 2 N–H and O–H groups in total. The van der Waals surface area contributed by atoms with Gasteiger partial charge in [-0.05, 0) is 55.0 Å². The number of anilines is 2. The van der Waals surface area contributed by atoms with Crippen molar-refractivity contribution in [3.63, 3.8) is 0 Å². The number of rotatable bonds is 6. The third-order valence-corrected chi connectivity index (χ3v) is 5.42. The summed E-state index contributed by atoms with van der Waals surface area (Å²) in [5.41, 5.74) is 0.583. The number of carbonyl (C=O) groups excluding carboxylic acids is 2. The van der Waals surface area contributed by atoms with Crippen molar-refractivity contribution in [3.05, 3.63) is 75.4 Å². The smallest absolute Gasteiger partial charge is 0.422 e. The van der Waals surface area contributed by atoms with Crippen molar-refractivity contribution in [2.24, 2.45) is 0 Å². The molecular weight excluding hydrogens is 472 g/mol. The second-order valence-electron chi connectivity index (χ2n) is 6.59. The molecule has 11 heteroatoms. The fourth-order valence-electron chi connectivity index (χ4n) is 2.65. The van der Waals surface area contributed by atoms with E-state index in [0.717, 1.165) is 17.4 Å². The van der Waals surface area contributed by atoms with Crippen LogP contribution in [0.2, 0.25) is 5.02 Å². The quantitative estimate of drug-likeness (QED) is 0.402. The van der Waals surface area contributed by atoms with E-state index in [2.05, 4.69) is 10.6 Å². The molecule has 3 aromatic rings. The minimum absolute atomic E-state index is 0.0371. The van der Waals surface area contributed by atoms with E-state index in [9.17, 15) is 27.2 Å². The van der Waals surface area contributed by atoms with Gasteiger partial charge in [-0.25, -0.2) is 4.39 Å². The first-order valence-electron chi connectivity index (χ1n) is 8.99. The third-order valence-electron chi connectivity index (χ3n) is 4.03. The highest BCUT2D eigenvalue weighted by Crippen LogP contribution is 2.32. The Morgan fingerprint density at radius 2 is 1.81 bits per heavy atom. The van der Waals surface area contributed by atoms with Crippen LogP contribution in [0.15, 0.2) is 48.5 Å². The van der Waals surface area contributed by atoms with Gasteiger partial charge in [-0.1, -0.05) is 17.7 Å². The highest BCUT2D eigenvalue weighted by Gasteiger charge is 2.29. The molecule has 0 atom stereocenters. The predicted octanol–water partition coefficient (Wildman–Crippen LogP) is 6.29. The summed E-state index contributed by atoms with van der Waals surface area (Å²) in [7, 11) is 0. The summed E-state index contributed by atoms with van der Waals surface area (Å²) >= 11 is 6.85. The SMILES string of the molecule is Cc1cc(NC(=O)c2cccc(F)c2)sc1C(=O)Nc1cc(Cl)ccc1OCC(F)(F)F. The van der Waals surface area contributed by atoms with Crippen LogP contribution in [0, 0.1) is 12.7 Å². The summed E-state index contributed by atoms with van der Waals surface area (Å²) in [4.78, 5) is 25.2. The Bertz CT molecular complexity index is 1160. The predicted molar refractivity (Wildman–Crippen MR) is 114 cm³/mol. The first-order chi connectivity index (χ1) is 15.0. The number of hydrogen-bond acceptors (Lipinski definition) is 4. The van der Waals surface area contributed by atoms with Crippen molar-refractivity contribution in [2.45, 2.75) is 13.1 Å². The van der Waals surface area contributed by atoms with Crippen molar-refractivity contribution >= 4 is 45.4 Å². The van der Waals surface area contributed by atoms with Crippen LogP contribution >= 0.6 is 22.9 Å². The highest BCUT2D eigenvalue weighted by molar-refractivity contribution is 7.18. The normalized spacial score (nSPS) is 11.2. The van der Waals surface area contributed by atoms with Gasteiger partial charge in [0.25, 0.3) is 11.8 Å². The molecule has 0 radical (unpaired) electrons. The highest BCUT2D eigenvalue weighted by atomic mass is 35.5. The average Bonchev–Trinajstić information content (AvgIpc) is 3.06. The van der Waals surface area contributed by atoms with E-state index in [1.165, 1.54) is 36.4 Å². The van der Waals surface area contributed by atoms with Gasteiger partial charge in [-0.2, -0.15) is 13.2 Å². The molecule has 168 valence electrons. The molecule has 0 unspecified atom stereocenters. The number of nitrogens with one attached hydrogen (secondary N) is 2. The van der Waals surface area contributed by atoms with E-state index in [4.69, 9.17) is 16.3 Å². The van der Waals surface area contributed by atoms with Gasteiger partial charge in [-0.3, -0.25) is 9.59 Å². The van der Waals surface area contributed by atoms with Gasteiger partial charge >= 0.3 is 6.18 Å². The zero-order valence-electron chi connectivity index (χ0n) is 16.3. The van der Waals surface area contributed by atoms with Crippen molar-refractivity contribution in [3.8, 4) is 5.75 Å². The fraction of sp³-hybridized carbons (Fsp3) is 0.143. The lowest BCUT2D eigenvalue weighted by atomic mass is 10.2. The number of ether oxygens (including phenoxy) is 1. The maximum absolute atomic E-state index is 13.3. The number of benzene rings is 2. The van der Waals surface area contributed by atoms with Gasteiger partial charge in [0.05, 0.1) is 15.6 Å². The second kappa shape index (κ2) is 9.58. The van der Waals surface area contributed by atoms with Gasteiger partial charge < -0.3 is 15.4 Å². The van der Waals surface area contributed by atoms with Crippen LogP contribution in [0.3, 0.4) is 0 Å². The zero-order valence-corrected chi connectivity index (χ0v) is 17.9. The van der Waals surface area contributed by atoms with Crippen LogP contribution < -0.4 is 15.4 Å². The zero-order chi connectivity index (χ0) is 23.5. The lowest BCUT2D eigenvalue weighted by Gasteiger charge is -2.14. The summed E-state index contributed by atoms with van der Waals surface area (Å²) in [6.45, 7) is 0.0914. The lowest BCUT2D eigenvalue weighted by molar-refractivity contribution is -0.153. The van der Waals surface area contributed by atoms with Gasteiger partial charge in [0.2, 0.25) is 0 Å². The first kappa shape index (κ1) is 23.6. The van der Waals surface area contributed by atoms with Gasteiger partial charge in [0.15, 0.2) is 6.61 Å². The van der Waals surface area contributed by atoms with Crippen LogP contribution in [-0.2, 0) is 0 Å². The number of aryl methyl sites for hydroxylation is 1. The van der Waals surface area contributed by atoms with Crippen molar-refractivity contribution in [1.29, 1.82) is 0 Å². The topological polar surface area (TPSA) is 67.4 Å². The van der Waals surface area contributed by atoms with Crippen molar-refractivity contribution in [2.75, 3.05) is 17.2 Å². The van der Waals surface area contributed by atoms with Gasteiger partial charge in [0.1, 0.15) is 11.6 Å². The maximum Gasteiger partial charge on any atom is 0.422 e. The van der Waals surface area contributed by atoms with E-state index >= 15 is 0 Å². The molecular formula is C21H15ClF4N2O3S. The molecule has 0 aliphatic rings. The maximum atomic E-state index is 13.3. The second-order valence-corrected chi connectivity index (χ2v) is 8.07. The van der Waals surface area contributed by atoms with Crippen molar-refractivity contribution < 1.29 is 31.9 Å². The Morgan fingerprint density at radius 1 is 1.06 bits per heavy atom. The number of hydrogen-bond donors (Lipinski definition) is 2. The van der Waals surface area contributed by atoms with E-state index in [-0.39, 0.29) is 26.9 Å². The van der Waals surface area contributed by atoms with Gasteiger partial charge in [0, 0.05) is 10.6 Å². The molecule has 32 heavy (non-hydrogen) atoms. The molecule has 0 saturated heterocycles. The summed E-state index contributed by atoms with van der Waals surface area (Å²) in [6.07, 6.45) is -4.56. The largest absolute Gasteiger partial charge is 0.482 e. The van der Waals surface area contributed by atoms with Crippen LogP contribution in [0.25, 0.3) is 0 Å². The summed E-state index contributed by atoms with van der Waals surface area (Å²) < 4.78 is 55.6. The van der Waals surface area contributed by atoms with Crippen LogP contribution in [0.5, 0.6) is 5.75 Å². The summed E-state index contributed by atoms with van der Waals surface area (Å²) in [5, 5.41) is 5.59. The van der Waals surface area contributed by atoms with Gasteiger partial charge in [-0.15, -0.1) is 11.3 Å². The Kier molecular flexibility index (Phi) is 7.05. The fourth-order valence-corrected chi connectivity index (χ4v) is 3.78. The monoisotopic (exact) mass is 486 g/mol. The first-order valence-corrected chi connectivity index (χ1v) is 10.2. The van der Waals surface area contributed by atoms with Crippen LogP contribution in [0.4, 0.5) is 28.3 Å². The Morgan fingerprint density at radius 3 is 2.50 bits per heavy atom.